The van der Waals surface area contributed by atoms with Gasteiger partial charge in [-0.15, -0.1) is 0 Å². The lowest BCUT2D eigenvalue weighted by Gasteiger charge is -2.16. The molecule has 0 N–H and O–H groups in total. The van der Waals surface area contributed by atoms with Crippen LogP contribution in [0.1, 0.15) is 36.8 Å². The van der Waals surface area contributed by atoms with Crippen LogP contribution in [0.5, 0.6) is 0 Å². The van der Waals surface area contributed by atoms with Crippen molar-refractivity contribution >= 4 is 11.9 Å². The fourth-order valence-electron chi connectivity index (χ4n) is 3.05. The predicted octanol–water partition coefficient (Wildman–Crippen LogP) is 4.05. The molecular formula is C25H33NO4. The van der Waals surface area contributed by atoms with Crippen molar-refractivity contribution in [3.05, 3.63) is 71.8 Å². The van der Waals surface area contributed by atoms with Crippen molar-refractivity contribution < 1.29 is 19.1 Å². The number of carbonyl (C=O) groups is 2. The summed E-state index contributed by atoms with van der Waals surface area (Å²) in [7, 11) is 1.92. The fraction of sp³-hybridized carbons (Fsp3) is 0.440. The molecule has 0 bridgehead atoms. The molecule has 2 aromatic carbocycles. The molecule has 30 heavy (non-hydrogen) atoms. The summed E-state index contributed by atoms with van der Waals surface area (Å²) in [4.78, 5) is 25.6. The molecule has 0 amide bonds. The van der Waals surface area contributed by atoms with Crippen LogP contribution >= 0.6 is 0 Å². The van der Waals surface area contributed by atoms with Gasteiger partial charge in [0.1, 0.15) is 13.2 Å². The first kappa shape index (κ1) is 23.6. The number of hydrogen-bond donors (Lipinski definition) is 0. The highest BCUT2D eigenvalue weighted by Gasteiger charge is 2.07. The van der Waals surface area contributed by atoms with Crippen LogP contribution in [0.4, 0.5) is 0 Å². The van der Waals surface area contributed by atoms with Gasteiger partial charge in [0.25, 0.3) is 0 Å². The SMILES string of the molecule is CN(CCOC(=O)CCCc1ccccc1)CCOC(=O)CCCc1ccccc1. The van der Waals surface area contributed by atoms with Crippen LogP contribution in [0.15, 0.2) is 60.7 Å². The molecular weight excluding hydrogens is 378 g/mol. The minimum absolute atomic E-state index is 0.163. The van der Waals surface area contributed by atoms with E-state index in [9.17, 15) is 9.59 Å². The molecule has 162 valence electrons. The van der Waals surface area contributed by atoms with Crippen LogP contribution < -0.4 is 0 Å². The van der Waals surface area contributed by atoms with E-state index in [-0.39, 0.29) is 11.9 Å². The van der Waals surface area contributed by atoms with E-state index in [0.717, 1.165) is 25.7 Å². The van der Waals surface area contributed by atoms with Crippen molar-refractivity contribution in [3.63, 3.8) is 0 Å². The highest BCUT2D eigenvalue weighted by Crippen LogP contribution is 2.06. The van der Waals surface area contributed by atoms with Gasteiger partial charge in [0, 0.05) is 25.9 Å². The number of likely N-dealkylation sites (N-methyl/N-ethyl adjacent to an activating group) is 1. The summed E-state index contributed by atoms with van der Waals surface area (Å²) in [6.45, 7) is 1.95. The summed E-state index contributed by atoms with van der Waals surface area (Å²) in [6.07, 6.45) is 4.20. The third-order valence-electron chi connectivity index (χ3n) is 4.85. The fourth-order valence-corrected chi connectivity index (χ4v) is 3.05. The Labute approximate surface area is 180 Å². The minimum Gasteiger partial charge on any atom is -0.464 e. The third-order valence-corrected chi connectivity index (χ3v) is 4.85. The number of hydrogen-bond acceptors (Lipinski definition) is 5. The average molecular weight is 412 g/mol. The van der Waals surface area contributed by atoms with E-state index in [1.807, 2.05) is 48.3 Å². The maximum Gasteiger partial charge on any atom is 0.305 e. The second-order valence-electron chi connectivity index (χ2n) is 7.42. The second-order valence-corrected chi connectivity index (χ2v) is 7.42. The van der Waals surface area contributed by atoms with E-state index in [1.165, 1.54) is 11.1 Å². The Bertz CT molecular complexity index is 670. The molecule has 0 heterocycles. The van der Waals surface area contributed by atoms with Gasteiger partial charge in [-0.2, -0.15) is 0 Å². The standard InChI is InChI=1S/C25H33NO4/c1-26(18-20-29-24(27)16-8-14-22-10-4-2-5-11-22)19-21-30-25(28)17-9-15-23-12-6-3-7-13-23/h2-7,10-13H,8-9,14-21H2,1H3. The molecule has 5 heteroatoms. The lowest BCUT2D eigenvalue weighted by molar-refractivity contribution is -0.144. The second kappa shape index (κ2) is 14.3. The molecule has 0 saturated heterocycles. The molecule has 0 atom stereocenters. The zero-order valence-electron chi connectivity index (χ0n) is 17.9. The Balaban J connectivity index is 1.44. The molecule has 0 aromatic heterocycles. The number of aryl methyl sites for hydroxylation is 2. The summed E-state index contributed by atoms with van der Waals surface area (Å²) in [5.74, 6) is -0.326. The molecule has 0 aliphatic rings. The zero-order valence-corrected chi connectivity index (χ0v) is 17.9. The topological polar surface area (TPSA) is 55.8 Å². The molecule has 0 radical (unpaired) electrons. The Hall–Kier alpha value is -2.66. The molecule has 0 fully saturated rings. The largest absolute Gasteiger partial charge is 0.464 e. The van der Waals surface area contributed by atoms with Crippen LogP contribution in [0.3, 0.4) is 0 Å². The Morgan fingerprint density at radius 1 is 0.700 bits per heavy atom. The molecule has 0 saturated carbocycles. The molecule has 5 nitrogen and oxygen atoms in total. The van der Waals surface area contributed by atoms with Crippen LogP contribution in [0.25, 0.3) is 0 Å². The maximum atomic E-state index is 11.8. The highest BCUT2D eigenvalue weighted by molar-refractivity contribution is 5.69. The molecule has 2 aromatic rings. The maximum absolute atomic E-state index is 11.8. The average Bonchev–Trinajstić information content (AvgIpc) is 2.75. The van der Waals surface area contributed by atoms with Gasteiger partial charge in [-0.25, -0.2) is 0 Å². The van der Waals surface area contributed by atoms with Crippen LogP contribution in [0.2, 0.25) is 0 Å². The van der Waals surface area contributed by atoms with Crippen molar-refractivity contribution in [2.45, 2.75) is 38.5 Å². The van der Waals surface area contributed by atoms with Gasteiger partial charge < -0.3 is 9.47 Å². The Morgan fingerprint density at radius 2 is 1.10 bits per heavy atom. The first-order valence-corrected chi connectivity index (χ1v) is 10.7. The Kier molecular flexibility index (Phi) is 11.3. The van der Waals surface area contributed by atoms with Gasteiger partial charge in [-0.3, -0.25) is 14.5 Å². The van der Waals surface area contributed by atoms with Gasteiger partial charge >= 0.3 is 11.9 Å². The quantitative estimate of drug-likeness (QED) is 0.439. The smallest absolute Gasteiger partial charge is 0.305 e. The van der Waals surface area contributed by atoms with E-state index in [1.54, 1.807) is 0 Å². The summed E-state index contributed by atoms with van der Waals surface area (Å²) in [5, 5.41) is 0. The number of rotatable bonds is 14. The van der Waals surface area contributed by atoms with E-state index < -0.39 is 0 Å². The lowest BCUT2D eigenvalue weighted by Crippen LogP contribution is -2.28. The third kappa shape index (κ3) is 10.8. The minimum atomic E-state index is -0.163. The van der Waals surface area contributed by atoms with Gasteiger partial charge in [-0.05, 0) is 43.9 Å². The number of nitrogens with zero attached hydrogens (tertiary/aromatic N) is 1. The summed E-state index contributed by atoms with van der Waals surface area (Å²) in [6, 6.07) is 20.3. The number of carbonyl (C=O) groups excluding carboxylic acids is 2. The molecule has 0 unspecified atom stereocenters. The van der Waals surface area contributed by atoms with Crippen LogP contribution in [-0.4, -0.2) is 50.2 Å². The van der Waals surface area contributed by atoms with Gasteiger partial charge in [0.15, 0.2) is 0 Å². The first-order chi connectivity index (χ1) is 14.6. The Morgan fingerprint density at radius 3 is 1.50 bits per heavy atom. The van der Waals surface area contributed by atoms with Crippen molar-refractivity contribution in [1.29, 1.82) is 0 Å². The van der Waals surface area contributed by atoms with Gasteiger partial charge in [0.2, 0.25) is 0 Å². The molecule has 0 aliphatic carbocycles. The van der Waals surface area contributed by atoms with Crippen LogP contribution in [0, 0.1) is 0 Å². The first-order valence-electron chi connectivity index (χ1n) is 10.7. The van der Waals surface area contributed by atoms with Gasteiger partial charge in [0.05, 0.1) is 0 Å². The number of ether oxygens (including phenoxy) is 2. The summed E-state index contributed by atoms with van der Waals surface area (Å²) < 4.78 is 10.6. The van der Waals surface area contributed by atoms with E-state index in [2.05, 4.69) is 24.3 Å². The monoisotopic (exact) mass is 411 g/mol. The van der Waals surface area contributed by atoms with Gasteiger partial charge in [-0.1, -0.05) is 60.7 Å². The predicted molar refractivity (Wildman–Crippen MR) is 118 cm³/mol. The zero-order chi connectivity index (χ0) is 21.4. The van der Waals surface area contributed by atoms with E-state index in [0.29, 0.717) is 39.1 Å². The summed E-state index contributed by atoms with van der Waals surface area (Å²) >= 11 is 0. The van der Waals surface area contributed by atoms with Crippen LogP contribution in [-0.2, 0) is 31.9 Å². The number of benzene rings is 2. The highest BCUT2D eigenvalue weighted by atomic mass is 16.5. The normalized spacial score (nSPS) is 10.7. The van der Waals surface area contributed by atoms with Crippen molar-refractivity contribution in [3.8, 4) is 0 Å². The van der Waals surface area contributed by atoms with Crippen molar-refractivity contribution in [2.75, 3.05) is 33.4 Å². The molecule has 2 rings (SSSR count). The van der Waals surface area contributed by atoms with Crippen molar-refractivity contribution in [1.82, 2.24) is 4.90 Å². The van der Waals surface area contributed by atoms with Crippen molar-refractivity contribution in [2.24, 2.45) is 0 Å². The molecule has 0 spiro atoms. The van der Waals surface area contributed by atoms with E-state index in [4.69, 9.17) is 9.47 Å². The number of esters is 2. The molecule has 0 aliphatic heterocycles. The van der Waals surface area contributed by atoms with E-state index >= 15 is 0 Å². The lowest BCUT2D eigenvalue weighted by atomic mass is 10.1. The summed E-state index contributed by atoms with van der Waals surface area (Å²) in [5.41, 5.74) is 2.47.